The first kappa shape index (κ1) is 16.1. The maximum absolute atomic E-state index is 12.7. The van der Waals surface area contributed by atoms with Crippen molar-refractivity contribution in [3.8, 4) is 5.75 Å². The molecule has 4 heteroatoms. The highest BCUT2D eigenvalue weighted by Gasteiger charge is 2.34. The molecule has 2 N–H and O–H groups in total. The minimum atomic E-state index is 0.0159. The van der Waals surface area contributed by atoms with Gasteiger partial charge in [-0.3, -0.25) is 4.79 Å². The molecule has 3 rings (SSSR count). The summed E-state index contributed by atoms with van der Waals surface area (Å²) in [5.41, 5.74) is 2.86. The fraction of sp³-hybridized carbons (Fsp3) is 0.526. The minimum Gasteiger partial charge on any atom is -0.512 e. The number of aliphatic hydroxyl groups excluding tert-OH is 1. The van der Waals surface area contributed by atoms with E-state index in [-0.39, 0.29) is 23.2 Å². The average Bonchev–Trinajstić information content (AvgIpc) is 2.49. The van der Waals surface area contributed by atoms with Crippen LogP contribution in [0.3, 0.4) is 0 Å². The first-order valence-corrected chi connectivity index (χ1v) is 8.31. The lowest BCUT2D eigenvalue weighted by atomic mass is 9.74. The number of ketones is 1. The molecule has 1 atom stereocenters. The van der Waals surface area contributed by atoms with Crippen LogP contribution in [0.1, 0.15) is 42.4 Å². The van der Waals surface area contributed by atoms with E-state index in [4.69, 9.17) is 4.74 Å². The van der Waals surface area contributed by atoms with E-state index in [0.717, 1.165) is 42.7 Å². The third-order valence-corrected chi connectivity index (χ3v) is 5.17. The molecule has 23 heavy (non-hydrogen) atoms. The Hall–Kier alpha value is -1.81. The zero-order valence-corrected chi connectivity index (χ0v) is 13.8. The van der Waals surface area contributed by atoms with Crippen LogP contribution in [-0.2, 0) is 9.53 Å². The van der Waals surface area contributed by atoms with Gasteiger partial charge in [0.1, 0.15) is 11.5 Å². The molecule has 0 amide bonds. The zero-order valence-electron chi connectivity index (χ0n) is 13.8. The van der Waals surface area contributed by atoms with Crippen LogP contribution in [0.25, 0.3) is 5.57 Å². The van der Waals surface area contributed by atoms with Crippen LogP contribution in [0, 0.1) is 25.7 Å². The SMILES string of the molecule is Cc1cc(O)cc(C)c1C1=C(O)CC(C2CCOCC2)CC1=O. The highest BCUT2D eigenvalue weighted by atomic mass is 16.5. The lowest BCUT2D eigenvalue weighted by Crippen LogP contribution is -2.29. The van der Waals surface area contributed by atoms with Crippen molar-refractivity contribution < 1.29 is 19.7 Å². The third-order valence-electron chi connectivity index (χ3n) is 5.17. The molecule has 0 bridgehead atoms. The molecule has 1 heterocycles. The Morgan fingerprint density at radius 1 is 1.00 bits per heavy atom. The molecule has 124 valence electrons. The number of allylic oxidation sites excluding steroid dienone is 2. The van der Waals surface area contributed by atoms with Gasteiger partial charge in [-0.1, -0.05) is 0 Å². The fourth-order valence-electron chi connectivity index (χ4n) is 4.06. The lowest BCUT2D eigenvalue weighted by molar-refractivity contribution is -0.116. The van der Waals surface area contributed by atoms with Gasteiger partial charge < -0.3 is 14.9 Å². The number of Topliss-reactive ketones (excluding diaryl/α,β-unsaturated/α-hetero) is 1. The van der Waals surface area contributed by atoms with Crippen molar-refractivity contribution in [2.45, 2.75) is 39.5 Å². The van der Waals surface area contributed by atoms with E-state index in [1.54, 1.807) is 12.1 Å². The summed E-state index contributed by atoms with van der Waals surface area (Å²) in [6.07, 6.45) is 2.99. The molecule has 1 unspecified atom stereocenters. The molecule has 0 spiro atoms. The summed E-state index contributed by atoms with van der Waals surface area (Å²) in [5, 5.41) is 20.3. The standard InChI is InChI=1S/C19H24O4/c1-11-7-15(20)8-12(2)18(11)19-16(21)9-14(10-17(19)22)13-3-5-23-6-4-13/h7-8,13-14,20-21H,3-6,9-10H2,1-2H3. The van der Waals surface area contributed by atoms with Crippen molar-refractivity contribution in [3.63, 3.8) is 0 Å². The van der Waals surface area contributed by atoms with E-state index in [0.29, 0.717) is 24.3 Å². The summed E-state index contributed by atoms with van der Waals surface area (Å²) in [6, 6.07) is 3.28. The topological polar surface area (TPSA) is 66.8 Å². The van der Waals surface area contributed by atoms with Crippen LogP contribution in [0.5, 0.6) is 5.75 Å². The minimum absolute atomic E-state index is 0.0159. The largest absolute Gasteiger partial charge is 0.512 e. The molecular weight excluding hydrogens is 292 g/mol. The Labute approximate surface area is 136 Å². The number of hydrogen-bond donors (Lipinski definition) is 2. The van der Waals surface area contributed by atoms with Gasteiger partial charge in [0.05, 0.1) is 5.57 Å². The summed E-state index contributed by atoms with van der Waals surface area (Å²) >= 11 is 0. The highest BCUT2D eigenvalue weighted by Crippen LogP contribution is 2.40. The van der Waals surface area contributed by atoms with Gasteiger partial charge in [0.15, 0.2) is 5.78 Å². The fourth-order valence-corrected chi connectivity index (χ4v) is 4.06. The van der Waals surface area contributed by atoms with Gasteiger partial charge in [-0.15, -0.1) is 0 Å². The number of hydrogen-bond acceptors (Lipinski definition) is 4. The number of rotatable bonds is 2. The van der Waals surface area contributed by atoms with E-state index in [1.807, 2.05) is 13.8 Å². The van der Waals surface area contributed by atoms with Gasteiger partial charge in [-0.2, -0.15) is 0 Å². The molecule has 1 fully saturated rings. The number of carbonyl (C=O) groups is 1. The number of benzene rings is 1. The van der Waals surface area contributed by atoms with E-state index in [2.05, 4.69) is 0 Å². The molecule has 0 radical (unpaired) electrons. The van der Waals surface area contributed by atoms with Crippen molar-refractivity contribution >= 4 is 11.4 Å². The Kier molecular flexibility index (Phi) is 4.44. The number of aliphatic hydroxyl groups is 1. The lowest BCUT2D eigenvalue weighted by Gasteiger charge is -2.33. The van der Waals surface area contributed by atoms with Crippen molar-refractivity contribution in [2.75, 3.05) is 13.2 Å². The molecule has 1 aromatic carbocycles. The number of aromatic hydroxyl groups is 1. The summed E-state index contributed by atoms with van der Waals surface area (Å²) in [7, 11) is 0. The second kappa shape index (κ2) is 6.36. The van der Waals surface area contributed by atoms with Crippen LogP contribution in [0.2, 0.25) is 0 Å². The van der Waals surface area contributed by atoms with Gasteiger partial charge in [-0.25, -0.2) is 0 Å². The van der Waals surface area contributed by atoms with E-state index < -0.39 is 0 Å². The first-order valence-electron chi connectivity index (χ1n) is 8.31. The summed E-state index contributed by atoms with van der Waals surface area (Å²) in [6.45, 7) is 5.23. The summed E-state index contributed by atoms with van der Waals surface area (Å²) in [5.74, 6) is 1.08. The Bertz CT molecular complexity index is 630. The summed E-state index contributed by atoms with van der Waals surface area (Å²) in [4.78, 5) is 12.7. The molecule has 1 aliphatic heterocycles. The van der Waals surface area contributed by atoms with Crippen LogP contribution in [-0.4, -0.2) is 29.2 Å². The van der Waals surface area contributed by atoms with Crippen molar-refractivity contribution in [1.29, 1.82) is 0 Å². The third kappa shape index (κ3) is 3.13. The predicted octanol–water partition coefficient (Wildman–Crippen LogP) is 3.68. The maximum atomic E-state index is 12.7. The quantitative estimate of drug-likeness (QED) is 0.873. The molecule has 1 aromatic rings. The molecule has 0 saturated carbocycles. The number of ether oxygens (including phenoxy) is 1. The van der Waals surface area contributed by atoms with E-state index >= 15 is 0 Å². The van der Waals surface area contributed by atoms with E-state index in [1.165, 1.54) is 0 Å². The van der Waals surface area contributed by atoms with E-state index in [9.17, 15) is 15.0 Å². The van der Waals surface area contributed by atoms with Crippen molar-refractivity contribution in [2.24, 2.45) is 11.8 Å². The molecule has 2 aliphatic rings. The molecular formula is C19H24O4. The van der Waals surface area contributed by atoms with Gasteiger partial charge in [0.2, 0.25) is 0 Å². The molecule has 4 nitrogen and oxygen atoms in total. The second-order valence-corrected chi connectivity index (χ2v) is 6.82. The molecule has 1 saturated heterocycles. The van der Waals surface area contributed by atoms with Crippen LogP contribution >= 0.6 is 0 Å². The smallest absolute Gasteiger partial charge is 0.167 e. The average molecular weight is 316 g/mol. The second-order valence-electron chi connectivity index (χ2n) is 6.82. The first-order chi connectivity index (χ1) is 11.0. The summed E-state index contributed by atoms with van der Waals surface area (Å²) < 4.78 is 5.39. The maximum Gasteiger partial charge on any atom is 0.167 e. The van der Waals surface area contributed by atoms with Crippen LogP contribution in [0.15, 0.2) is 17.9 Å². The van der Waals surface area contributed by atoms with Gasteiger partial charge >= 0.3 is 0 Å². The number of phenolic OH excluding ortho intramolecular Hbond substituents is 1. The van der Waals surface area contributed by atoms with Crippen molar-refractivity contribution in [1.82, 2.24) is 0 Å². The predicted molar refractivity (Wildman–Crippen MR) is 88.4 cm³/mol. The number of phenols is 1. The van der Waals surface area contributed by atoms with Crippen LogP contribution < -0.4 is 0 Å². The van der Waals surface area contributed by atoms with Crippen LogP contribution in [0.4, 0.5) is 0 Å². The Morgan fingerprint density at radius 2 is 1.61 bits per heavy atom. The normalized spacial score (nSPS) is 23.4. The highest BCUT2D eigenvalue weighted by molar-refractivity contribution is 6.22. The Morgan fingerprint density at radius 3 is 2.17 bits per heavy atom. The monoisotopic (exact) mass is 316 g/mol. The van der Waals surface area contributed by atoms with Gasteiger partial charge in [0, 0.05) is 26.1 Å². The van der Waals surface area contributed by atoms with Gasteiger partial charge in [0.25, 0.3) is 0 Å². The number of carbonyl (C=O) groups excluding carboxylic acids is 1. The Balaban J connectivity index is 1.93. The molecule has 1 aliphatic carbocycles. The number of aryl methyl sites for hydroxylation is 2. The van der Waals surface area contributed by atoms with Gasteiger partial charge in [-0.05, 0) is 67.3 Å². The zero-order chi connectivity index (χ0) is 16.6. The molecule has 0 aromatic heterocycles. The van der Waals surface area contributed by atoms with Crippen molar-refractivity contribution in [3.05, 3.63) is 34.6 Å².